The van der Waals surface area contributed by atoms with Crippen LogP contribution < -0.4 is 5.48 Å². The fourth-order valence-electron chi connectivity index (χ4n) is 0.543. The van der Waals surface area contributed by atoms with Crippen molar-refractivity contribution in [2.75, 3.05) is 12.1 Å². The number of aromatic nitrogens is 2. The van der Waals surface area contributed by atoms with Crippen LogP contribution in [-0.2, 0) is 4.84 Å². The van der Waals surface area contributed by atoms with E-state index in [2.05, 4.69) is 15.4 Å². The molecule has 1 rings (SSSR count). The molecule has 1 aromatic heterocycles. The first-order valence-electron chi connectivity index (χ1n) is 3.30. The molecular weight excluding hydrogens is 130 g/mol. The molecule has 10 heavy (non-hydrogen) atoms. The molecule has 0 atom stereocenters. The van der Waals surface area contributed by atoms with E-state index in [0.717, 1.165) is 6.42 Å². The smallest absolute Gasteiger partial charge is 0.224 e. The molecule has 0 fully saturated rings. The minimum absolute atomic E-state index is 0.647. The van der Waals surface area contributed by atoms with Gasteiger partial charge in [-0.05, 0) is 6.42 Å². The van der Waals surface area contributed by atoms with Gasteiger partial charge in [-0.15, -0.1) is 0 Å². The Morgan fingerprint density at radius 2 is 2.70 bits per heavy atom. The predicted octanol–water partition coefficient (Wildman–Crippen LogP) is 1.16. The number of H-pyrrole nitrogens is 1. The van der Waals surface area contributed by atoms with Crippen LogP contribution in [0.15, 0.2) is 12.4 Å². The zero-order valence-electron chi connectivity index (χ0n) is 5.92. The lowest BCUT2D eigenvalue weighted by Gasteiger charge is -1.99. The van der Waals surface area contributed by atoms with Crippen LogP contribution in [0.2, 0.25) is 0 Å². The summed E-state index contributed by atoms with van der Waals surface area (Å²) < 4.78 is 0. The Hall–Kier alpha value is -1.03. The van der Waals surface area contributed by atoms with E-state index in [1.165, 1.54) is 0 Å². The average molecular weight is 141 g/mol. The van der Waals surface area contributed by atoms with Crippen LogP contribution >= 0.6 is 0 Å². The Bertz CT molecular complexity index is 162. The van der Waals surface area contributed by atoms with Crippen molar-refractivity contribution >= 4 is 5.95 Å². The second kappa shape index (κ2) is 3.90. The Labute approximate surface area is 59.6 Å². The average Bonchev–Trinajstić information content (AvgIpc) is 2.41. The topological polar surface area (TPSA) is 49.9 Å². The van der Waals surface area contributed by atoms with Crippen LogP contribution in [0.1, 0.15) is 13.3 Å². The van der Waals surface area contributed by atoms with E-state index >= 15 is 0 Å². The maximum atomic E-state index is 4.98. The first-order valence-corrected chi connectivity index (χ1v) is 3.30. The third-order valence-corrected chi connectivity index (χ3v) is 0.973. The molecule has 0 bridgehead atoms. The van der Waals surface area contributed by atoms with Gasteiger partial charge in [0.1, 0.15) is 0 Å². The van der Waals surface area contributed by atoms with Gasteiger partial charge in [0.25, 0.3) is 0 Å². The summed E-state index contributed by atoms with van der Waals surface area (Å²) in [5.74, 6) is 0.647. The molecular formula is C6H11N3O. The summed E-state index contributed by atoms with van der Waals surface area (Å²) >= 11 is 0. The Morgan fingerprint density at radius 1 is 1.80 bits per heavy atom. The first-order chi connectivity index (χ1) is 4.93. The van der Waals surface area contributed by atoms with Gasteiger partial charge in [-0.25, -0.2) is 10.5 Å². The minimum Gasteiger partial charge on any atom is -0.329 e. The summed E-state index contributed by atoms with van der Waals surface area (Å²) in [7, 11) is 0. The third-order valence-electron chi connectivity index (χ3n) is 0.973. The second-order valence-electron chi connectivity index (χ2n) is 1.89. The molecule has 0 spiro atoms. The molecule has 0 aliphatic heterocycles. The number of hydrogen-bond donors (Lipinski definition) is 2. The van der Waals surface area contributed by atoms with Crippen LogP contribution in [0, 0.1) is 0 Å². The van der Waals surface area contributed by atoms with Gasteiger partial charge in [0.15, 0.2) is 0 Å². The van der Waals surface area contributed by atoms with Gasteiger partial charge in [0, 0.05) is 12.4 Å². The minimum atomic E-state index is 0.647. The number of hydrogen-bond acceptors (Lipinski definition) is 3. The van der Waals surface area contributed by atoms with Gasteiger partial charge in [0.05, 0.1) is 6.61 Å². The van der Waals surface area contributed by atoms with Gasteiger partial charge in [-0.2, -0.15) is 0 Å². The Morgan fingerprint density at radius 3 is 3.30 bits per heavy atom. The zero-order chi connectivity index (χ0) is 7.23. The molecule has 0 amide bonds. The summed E-state index contributed by atoms with van der Waals surface area (Å²) in [5.41, 5.74) is 2.66. The summed E-state index contributed by atoms with van der Waals surface area (Å²) in [6.45, 7) is 2.74. The number of nitrogens with zero attached hydrogens (tertiary/aromatic N) is 1. The van der Waals surface area contributed by atoms with Crippen LogP contribution in [-0.4, -0.2) is 16.6 Å². The number of rotatable bonds is 4. The van der Waals surface area contributed by atoms with Crippen LogP contribution in [0.5, 0.6) is 0 Å². The molecule has 4 heteroatoms. The first kappa shape index (κ1) is 7.08. The van der Waals surface area contributed by atoms with Gasteiger partial charge in [0.2, 0.25) is 5.95 Å². The molecule has 4 nitrogen and oxygen atoms in total. The lowest BCUT2D eigenvalue weighted by molar-refractivity contribution is 0.192. The van der Waals surface area contributed by atoms with Crippen molar-refractivity contribution in [2.45, 2.75) is 13.3 Å². The number of anilines is 1. The highest BCUT2D eigenvalue weighted by molar-refractivity contribution is 5.18. The number of imidazole rings is 1. The molecule has 1 heterocycles. The van der Waals surface area contributed by atoms with Crippen LogP contribution in [0.25, 0.3) is 0 Å². The fourth-order valence-corrected chi connectivity index (χ4v) is 0.543. The number of aromatic amines is 1. The van der Waals surface area contributed by atoms with E-state index in [0.29, 0.717) is 12.6 Å². The molecule has 0 aromatic carbocycles. The maximum absolute atomic E-state index is 4.98. The van der Waals surface area contributed by atoms with E-state index in [1.807, 2.05) is 6.92 Å². The highest BCUT2D eigenvalue weighted by atomic mass is 16.6. The Balaban J connectivity index is 2.15. The van der Waals surface area contributed by atoms with Crippen molar-refractivity contribution in [3.63, 3.8) is 0 Å². The van der Waals surface area contributed by atoms with Gasteiger partial charge >= 0.3 is 0 Å². The molecule has 2 N–H and O–H groups in total. The van der Waals surface area contributed by atoms with Crippen LogP contribution in [0.3, 0.4) is 0 Å². The van der Waals surface area contributed by atoms with Crippen molar-refractivity contribution in [3.8, 4) is 0 Å². The monoisotopic (exact) mass is 141 g/mol. The highest BCUT2D eigenvalue weighted by Gasteiger charge is 1.88. The van der Waals surface area contributed by atoms with E-state index in [9.17, 15) is 0 Å². The lowest BCUT2D eigenvalue weighted by Crippen LogP contribution is -2.02. The van der Waals surface area contributed by atoms with Crippen molar-refractivity contribution in [1.82, 2.24) is 9.97 Å². The van der Waals surface area contributed by atoms with Crippen molar-refractivity contribution in [2.24, 2.45) is 0 Å². The molecule has 1 aromatic rings. The highest BCUT2D eigenvalue weighted by Crippen LogP contribution is 1.93. The summed E-state index contributed by atoms with van der Waals surface area (Å²) in [4.78, 5) is 11.7. The van der Waals surface area contributed by atoms with Crippen LogP contribution in [0.4, 0.5) is 5.95 Å². The van der Waals surface area contributed by atoms with Crippen molar-refractivity contribution in [1.29, 1.82) is 0 Å². The molecule has 0 aliphatic carbocycles. The SMILES string of the molecule is CCCONc1ncc[nH]1. The Kier molecular flexibility index (Phi) is 2.76. The largest absolute Gasteiger partial charge is 0.329 e. The quantitative estimate of drug-likeness (QED) is 0.488. The summed E-state index contributed by atoms with van der Waals surface area (Å²) in [5, 5.41) is 0. The van der Waals surface area contributed by atoms with Gasteiger partial charge in [-0.1, -0.05) is 6.92 Å². The maximum Gasteiger partial charge on any atom is 0.224 e. The standard InChI is InChI=1S/C6H11N3O/c1-2-5-10-9-6-7-3-4-8-6/h3-4H,2,5H2,1H3,(H2,7,8,9). The van der Waals surface area contributed by atoms with E-state index in [4.69, 9.17) is 4.84 Å². The third kappa shape index (κ3) is 2.06. The molecule has 0 saturated heterocycles. The predicted molar refractivity (Wildman–Crippen MR) is 38.5 cm³/mol. The van der Waals surface area contributed by atoms with Gasteiger partial charge in [-0.3, -0.25) is 4.84 Å². The van der Waals surface area contributed by atoms with E-state index in [1.54, 1.807) is 12.4 Å². The van der Waals surface area contributed by atoms with E-state index < -0.39 is 0 Å². The molecule has 0 radical (unpaired) electrons. The van der Waals surface area contributed by atoms with Crippen molar-refractivity contribution < 1.29 is 4.84 Å². The lowest BCUT2D eigenvalue weighted by atomic mass is 10.5. The summed E-state index contributed by atoms with van der Waals surface area (Å²) in [6, 6.07) is 0. The summed E-state index contributed by atoms with van der Waals surface area (Å²) in [6.07, 6.45) is 4.39. The molecule has 56 valence electrons. The zero-order valence-corrected chi connectivity index (χ0v) is 5.92. The van der Waals surface area contributed by atoms with Crippen molar-refractivity contribution in [3.05, 3.63) is 12.4 Å². The van der Waals surface area contributed by atoms with E-state index in [-0.39, 0.29) is 0 Å². The molecule has 0 aliphatic rings. The second-order valence-corrected chi connectivity index (χ2v) is 1.89. The fraction of sp³-hybridized carbons (Fsp3) is 0.500. The normalized spacial score (nSPS) is 9.70. The molecule has 0 unspecified atom stereocenters. The number of nitrogens with one attached hydrogen (secondary N) is 2. The van der Waals surface area contributed by atoms with Gasteiger partial charge < -0.3 is 4.98 Å². The molecule has 0 saturated carbocycles.